The lowest BCUT2D eigenvalue weighted by molar-refractivity contribution is -0.143. The van der Waals surface area contributed by atoms with Crippen LogP contribution in [0.15, 0.2) is 35.3 Å². The van der Waals surface area contributed by atoms with Gasteiger partial charge in [-0.1, -0.05) is 30.3 Å². The van der Waals surface area contributed by atoms with Gasteiger partial charge in [0.2, 0.25) is 17.7 Å². The Balaban J connectivity index is 3.08. The number of carbonyl (C=O) groups is 5. The summed E-state index contributed by atoms with van der Waals surface area (Å²) >= 11 is 3.90. The lowest BCUT2D eigenvalue weighted by atomic mass is 10.0. The number of nitrogens with one attached hydrogen (secondary N) is 3. The Morgan fingerprint density at radius 3 is 2.00 bits per heavy atom. The van der Waals surface area contributed by atoms with Gasteiger partial charge in [0.25, 0.3) is 0 Å². The maximum Gasteiger partial charge on any atom is 0.326 e. The van der Waals surface area contributed by atoms with Gasteiger partial charge in [-0.15, -0.1) is 0 Å². The van der Waals surface area contributed by atoms with Crippen LogP contribution in [0.3, 0.4) is 0 Å². The molecule has 3 amide bonds. The fraction of sp³-hybridized carbons (Fsp3) is 0.455. The van der Waals surface area contributed by atoms with Gasteiger partial charge in [-0.2, -0.15) is 12.6 Å². The lowest BCUT2D eigenvalue weighted by Crippen LogP contribution is -2.58. The van der Waals surface area contributed by atoms with Crippen LogP contribution in [-0.2, 0) is 30.4 Å². The first-order chi connectivity index (χ1) is 17.4. The Morgan fingerprint density at radius 2 is 1.46 bits per heavy atom. The monoisotopic (exact) mass is 539 g/mol. The standard InChI is InChI=1S/C22H33N7O7S/c23-13(11-37)18(32)28-16(10-17(30)31)20(34)29-15(9-12-5-2-1-3-6-12)19(33)27-14(21(35)36)7-4-8-26-22(24)25/h1-3,5-6,13-16,37H,4,7-11,23H2,(H,27,33)(H,28,32)(H,29,34)(H,30,31)(H,35,36)(H4,24,25,26). The van der Waals surface area contributed by atoms with Crippen molar-refractivity contribution in [3.63, 3.8) is 0 Å². The molecule has 0 aliphatic carbocycles. The third kappa shape index (κ3) is 12.1. The summed E-state index contributed by atoms with van der Waals surface area (Å²) in [5, 5.41) is 25.8. The number of aliphatic imine (C=N–C) groups is 1. The Hall–Kier alpha value is -3.85. The number of benzene rings is 1. The zero-order valence-electron chi connectivity index (χ0n) is 20.0. The van der Waals surface area contributed by atoms with Crippen LogP contribution in [0.1, 0.15) is 24.8 Å². The highest BCUT2D eigenvalue weighted by Crippen LogP contribution is 2.07. The van der Waals surface area contributed by atoms with Crippen molar-refractivity contribution >= 4 is 48.2 Å². The van der Waals surface area contributed by atoms with Crippen LogP contribution in [0.25, 0.3) is 0 Å². The summed E-state index contributed by atoms with van der Waals surface area (Å²) in [6.07, 6.45) is -0.562. The topological polar surface area (TPSA) is 252 Å². The van der Waals surface area contributed by atoms with Crippen molar-refractivity contribution in [3.8, 4) is 0 Å². The second-order valence-electron chi connectivity index (χ2n) is 8.05. The third-order valence-electron chi connectivity index (χ3n) is 5.02. The van der Waals surface area contributed by atoms with Crippen LogP contribution >= 0.6 is 12.6 Å². The summed E-state index contributed by atoms with van der Waals surface area (Å²) in [7, 11) is 0. The number of hydrogen-bond acceptors (Lipinski definition) is 8. The Morgan fingerprint density at radius 1 is 0.892 bits per heavy atom. The smallest absolute Gasteiger partial charge is 0.326 e. The fourth-order valence-corrected chi connectivity index (χ4v) is 3.28. The van der Waals surface area contributed by atoms with Crippen molar-refractivity contribution in [3.05, 3.63) is 35.9 Å². The first kappa shape index (κ1) is 31.2. The average molecular weight is 540 g/mol. The van der Waals surface area contributed by atoms with Gasteiger partial charge in [0.05, 0.1) is 12.5 Å². The van der Waals surface area contributed by atoms with Gasteiger partial charge in [-0.25, -0.2) is 4.79 Å². The molecule has 15 heteroatoms. The van der Waals surface area contributed by atoms with Crippen molar-refractivity contribution in [2.45, 2.75) is 49.9 Å². The zero-order chi connectivity index (χ0) is 28.0. The maximum absolute atomic E-state index is 13.1. The Labute approximate surface area is 218 Å². The number of amides is 3. The summed E-state index contributed by atoms with van der Waals surface area (Å²) in [6.45, 7) is 0.150. The minimum absolute atomic E-state index is 0.00314. The van der Waals surface area contributed by atoms with Crippen molar-refractivity contribution in [2.24, 2.45) is 22.2 Å². The zero-order valence-corrected chi connectivity index (χ0v) is 20.9. The largest absolute Gasteiger partial charge is 0.481 e. The predicted octanol–water partition coefficient (Wildman–Crippen LogP) is -2.45. The highest BCUT2D eigenvalue weighted by atomic mass is 32.1. The SMILES string of the molecule is NC(N)=NCCCC(NC(=O)C(Cc1ccccc1)NC(=O)C(CC(=O)O)NC(=O)C(N)CS)C(=O)O. The van der Waals surface area contributed by atoms with E-state index in [9.17, 15) is 34.2 Å². The van der Waals surface area contributed by atoms with Crippen LogP contribution < -0.4 is 33.2 Å². The number of nitrogens with two attached hydrogens (primary N) is 3. The van der Waals surface area contributed by atoms with Crippen LogP contribution in [0.4, 0.5) is 0 Å². The normalized spacial score (nSPS) is 13.8. The molecule has 0 aliphatic rings. The van der Waals surface area contributed by atoms with E-state index in [1.165, 1.54) is 0 Å². The van der Waals surface area contributed by atoms with Crippen LogP contribution in [0.2, 0.25) is 0 Å². The molecule has 0 saturated heterocycles. The van der Waals surface area contributed by atoms with E-state index in [1.807, 2.05) is 0 Å². The molecule has 1 rings (SSSR count). The molecule has 4 atom stereocenters. The van der Waals surface area contributed by atoms with Crippen LogP contribution in [0.5, 0.6) is 0 Å². The first-order valence-electron chi connectivity index (χ1n) is 11.3. The van der Waals surface area contributed by atoms with E-state index in [-0.39, 0.29) is 37.5 Å². The Kier molecular flexibility index (Phi) is 13.5. The first-order valence-corrected chi connectivity index (χ1v) is 11.9. The maximum atomic E-state index is 13.1. The van der Waals surface area contributed by atoms with E-state index in [2.05, 4.69) is 33.6 Å². The highest BCUT2D eigenvalue weighted by Gasteiger charge is 2.31. The number of carbonyl (C=O) groups excluding carboxylic acids is 3. The lowest BCUT2D eigenvalue weighted by Gasteiger charge is -2.24. The molecule has 0 heterocycles. The third-order valence-corrected chi connectivity index (χ3v) is 5.41. The molecule has 0 fully saturated rings. The highest BCUT2D eigenvalue weighted by molar-refractivity contribution is 7.80. The summed E-state index contributed by atoms with van der Waals surface area (Å²) < 4.78 is 0. The molecular weight excluding hydrogens is 506 g/mol. The molecule has 1 aromatic rings. The molecule has 0 aliphatic heterocycles. The molecular formula is C22H33N7O7S. The van der Waals surface area contributed by atoms with Gasteiger partial charge < -0.3 is 43.4 Å². The second-order valence-corrected chi connectivity index (χ2v) is 8.41. The number of aliphatic carboxylic acids is 2. The predicted molar refractivity (Wildman–Crippen MR) is 138 cm³/mol. The summed E-state index contributed by atoms with van der Waals surface area (Å²) in [6, 6.07) is 3.32. The van der Waals surface area contributed by atoms with Crippen molar-refractivity contribution in [1.82, 2.24) is 16.0 Å². The van der Waals surface area contributed by atoms with Crippen LogP contribution in [0, 0.1) is 0 Å². The summed E-state index contributed by atoms with van der Waals surface area (Å²) in [5.41, 5.74) is 16.7. The molecule has 0 bridgehead atoms. The van der Waals surface area contributed by atoms with Gasteiger partial charge >= 0.3 is 11.9 Å². The number of nitrogens with zero attached hydrogens (tertiary/aromatic N) is 1. The van der Waals surface area contributed by atoms with Gasteiger partial charge in [0.1, 0.15) is 18.1 Å². The number of guanidine groups is 1. The van der Waals surface area contributed by atoms with Gasteiger partial charge in [0, 0.05) is 18.7 Å². The van der Waals surface area contributed by atoms with E-state index in [1.54, 1.807) is 30.3 Å². The average Bonchev–Trinajstić information content (AvgIpc) is 2.84. The van der Waals surface area contributed by atoms with E-state index in [4.69, 9.17) is 17.2 Å². The molecule has 0 aromatic heterocycles. The van der Waals surface area contributed by atoms with E-state index in [0.717, 1.165) is 0 Å². The number of carboxylic acid groups (broad SMARTS) is 2. The molecule has 4 unspecified atom stereocenters. The molecule has 0 spiro atoms. The number of rotatable bonds is 16. The van der Waals surface area contributed by atoms with Gasteiger partial charge in [-0.3, -0.25) is 24.2 Å². The van der Waals surface area contributed by atoms with Crippen LogP contribution in [-0.4, -0.2) is 82.3 Å². The minimum atomic E-state index is -1.54. The molecule has 11 N–H and O–H groups in total. The van der Waals surface area contributed by atoms with E-state index < -0.39 is 60.2 Å². The molecule has 0 saturated carbocycles. The number of hydrogen-bond donors (Lipinski definition) is 9. The minimum Gasteiger partial charge on any atom is -0.481 e. The van der Waals surface area contributed by atoms with Crippen molar-refractivity contribution in [2.75, 3.05) is 12.3 Å². The molecule has 0 radical (unpaired) electrons. The van der Waals surface area contributed by atoms with Crippen molar-refractivity contribution < 1.29 is 34.2 Å². The van der Waals surface area contributed by atoms with Gasteiger partial charge in [0.15, 0.2) is 5.96 Å². The number of thiol groups is 1. The number of carboxylic acids is 2. The molecule has 204 valence electrons. The van der Waals surface area contributed by atoms with E-state index in [0.29, 0.717) is 5.56 Å². The van der Waals surface area contributed by atoms with Gasteiger partial charge in [-0.05, 0) is 18.4 Å². The fourth-order valence-electron chi connectivity index (χ4n) is 3.11. The molecule has 37 heavy (non-hydrogen) atoms. The van der Waals surface area contributed by atoms with E-state index >= 15 is 0 Å². The Bertz CT molecular complexity index is 973. The summed E-state index contributed by atoms with van der Waals surface area (Å²) in [4.78, 5) is 64.9. The molecule has 1 aromatic carbocycles. The second kappa shape index (κ2) is 16.0. The quantitative estimate of drug-likeness (QED) is 0.0464. The summed E-state index contributed by atoms with van der Waals surface area (Å²) in [5.74, 6) is -5.47. The van der Waals surface area contributed by atoms with Crippen molar-refractivity contribution in [1.29, 1.82) is 0 Å². The molecule has 14 nitrogen and oxygen atoms in total.